The highest BCUT2D eigenvalue weighted by molar-refractivity contribution is 5.92. The first-order chi connectivity index (χ1) is 13.4. The summed E-state index contributed by atoms with van der Waals surface area (Å²) in [7, 11) is 3.07. The highest BCUT2D eigenvalue weighted by atomic mass is 16.6. The second-order valence-electron chi connectivity index (χ2n) is 5.70. The smallest absolute Gasteiger partial charge is 0.306 e. The van der Waals surface area contributed by atoms with Crippen molar-refractivity contribution in [3.63, 3.8) is 0 Å². The van der Waals surface area contributed by atoms with Crippen LogP contribution < -0.4 is 14.8 Å². The molecule has 148 valence electrons. The molecule has 0 fully saturated rings. The third-order valence-electron chi connectivity index (χ3n) is 3.79. The first kappa shape index (κ1) is 20.7. The fourth-order valence-electron chi connectivity index (χ4n) is 2.36. The molecular formula is C19H20N2O7. The molecule has 28 heavy (non-hydrogen) atoms. The number of methoxy groups -OCH3 is 2. The van der Waals surface area contributed by atoms with Crippen molar-refractivity contribution >= 4 is 23.3 Å². The first-order valence-corrected chi connectivity index (χ1v) is 8.33. The number of carbonyl (C=O) groups is 2. The van der Waals surface area contributed by atoms with E-state index in [0.717, 1.165) is 5.56 Å². The number of nitro groups is 1. The van der Waals surface area contributed by atoms with Gasteiger partial charge >= 0.3 is 5.97 Å². The minimum atomic E-state index is -0.536. The summed E-state index contributed by atoms with van der Waals surface area (Å²) in [5.74, 6) is 0.106. The Balaban J connectivity index is 1.77. The highest BCUT2D eigenvalue weighted by Gasteiger charge is 2.11. The Hall–Kier alpha value is -3.62. The molecule has 9 heteroatoms. The number of anilines is 1. The molecule has 0 aliphatic rings. The Morgan fingerprint density at radius 2 is 1.71 bits per heavy atom. The Bertz CT molecular complexity index is 850. The van der Waals surface area contributed by atoms with Crippen molar-refractivity contribution in [2.75, 3.05) is 26.1 Å². The molecule has 0 atom stereocenters. The molecule has 1 amide bonds. The molecule has 0 saturated carbocycles. The lowest BCUT2D eigenvalue weighted by atomic mass is 10.1. The molecule has 0 radical (unpaired) electrons. The normalized spacial score (nSPS) is 10.1. The molecule has 9 nitrogen and oxygen atoms in total. The minimum Gasteiger partial charge on any atom is -0.493 e. The predicted octanol–water partition coefficient (Wildman–Crippen LogP) is 2.73. The number of esters is 1. The Morgan fingerprint density at radius 1 is 1.04 bits per heavy atom. The van der Waals surface area contributed by atoms with E-state index in [-0.39, 0.29) is 12.1 Å². The number of carbonyl (C=O) groups excluding carboxylic acids is 2. The van der Waals surface area contributed by atoms with Crippen molar-refractivity contribution < 1.29 is 28.7 Å². The summed E-state index contributed by atoms with van der Waals surface area (Å²) in [5.41, 5.74) is 1.15. The maximum absolute atomic E-state index is 11.8. The van der Waals surface area contributed by atoms with Gasteiger partial charge in [-0.25, -0.2) is 0 Å². The second kappa shape index (κ2) is 9.91. The van der Waals surface area contributed by atoms with E-state index < -0.39 is 23.4 Å². The van der Waals surface area contributed by atoms with E-state index in [1.165, 1.54) is 38.5 Å². The van der Waals surface area contributed by atoms with Crippen LogP contribution in [0.1, 0.15) is 12.0 Å². The van der Waals surface area contributed by atoms with E-state index >= 15 is 0 Å². The van der Waals surface area contributed by atoms with E-state index in [4.69, 9.17) is 14.2 Å². The Kier molecular flexibility index (Phi) is 7.32. The first-order valence-electron chi connectivity index (χ1n) is 8.33. The summed E-state index contributed by atoms with van der Waals surface area (Å²) in [6.45, 7) is -0.443. The number of amides is 1. The molecule has 0 aromatic heterocycles. The van der Waals surface area contributed by atoms with Crippen molar-refractivity contribution in [1.82, 2.24) is 0 Å². The lowest BCUT2D eigenvalue weighted by Gasteiger charge is -2.09. The standard InChI is InChI=1S/C19H20N2O7/c1-26-16-9-3-13(11-17(16)27-2)4-10-19(23)28-12-18(22)20-14-5-7-15(8-6-14)21(24)25/h3,5-9,11H,4,10,12H2,1-2H3,(H,20,22). The van der Waals surface area contributed by atoms with E-state index in [9.17, 15) is 19.7 Å². The zero-order chi connectivity index (χ0) is 20.5. The van der Waals surface area contributed by atoms with Crippen LogP contribution in [0.25, 0.3) is 0 Å². The predicted molar refractivity (Wildman–Crippen MR) is 101 cm³/mol. The van der Waals surface area contributed by atoms with Crippen LogP contribution in [0.2, 0.25) is 0 Å². The van der Waals surface area contributed by atoms with Crippen molar-refractivity contribution in [3.05, 3.63) is 58.1 Å². The van der Waals surface area contributed by atoms with Crippen molar-refractivity contribution in [3.8, 4) is 11.5 Å². The van der Waals surface area contributed by atoms with Crippen LogP contribution in [0.4, 0.5) is 11.4 Å². The summed E-state index contributed by atoms with van der Waals surface area (Å²) in [6.07, 6.45) is 0.517. The molecule has 2 aromatic rings. The molecule has 0 heterocycles. The zero-order valence-corrected chi connectivity index (χ0v) is 15.5. The van der Waals surface area contributed by atoms with Gasteiger partial charge in [0.1, 0.15) is 0 Å². The average Bonchev–Trinajstić information content (AvgIpc) is 2.70. The minimum absolute atomic E-state index is 0.0837. The van der Waals surface area contributed by atoms with Crippen LogP contribution in [0.5, 0.6) is 11.5 Å². The molecule has 0 unspecified atom stereocenters. The maximum atomic E-state index is 11.8. The molecule has 0 saturated heterocycles. The third-order valence-corrected chi connectivity index (χ3v) is 3.79. The van der Waals surface area contributed by atoms with Gasteiger partial charge in [-0.1, -0.05) is 6.07 Å². The van der Waals surface area contributed by atoms with Crippen LogP contribution in [0.15, 0.2) is 42.5 Å². The number of nitro benzene ring substituents is 1. The highest BCUT2D eigenvalue weighted by Crippen LogP contribution is 2.28. The van der Waals surface area contributed by atoms with Crippen LogP contribution in [0, 0.1) is 10.1 Å². The molecule has 0 aliphatic carbocycles. The van der Waals surface area contributed by atoms with E-state index in [2.05, 4.69) is 5.32 Å². The Labute approximate surface area is 161 Å². The summed E-state index contributed by atoms with van der Waals surface area (Å²) in [5, 5.41) is 13.1. The van der Waals surface area contributed by atoms with Gasteiger partial charge in [-0.15, -0.1) is 0 Å². The van der Waals surface area contributed by atoms with E-state index in [1.54, 1.807) is 12.1 Å². The lowest BCUT2D eigenvalue weighted by molar-refractivity contribution is -0.384. The number of nitrogens with one attached hydrogen (secondary N) is 1. The van der Waals surface area contributed by atoms with Gasteiger partial charge in [0.15, 0.2) is 18.1 Å². The van der Waals surface area contributed by atoms with Gasteiger partial charge < -0.3 is 19.5 Å². The number of hydrogen-bond donors (Lipinski definition) is 1. The largest absolute Gasteiger partial charge is 0.493 e. The van der Waals surface area contributed by atoms with Crippen LogP contribution in [0.3, 0.4) is 0 Å². The van der Waals surface area contributed by atoms with Crippen LogP contribution >= 0.6 is 0 Å². The van der Waals surface area contributed by atoms with Gasteiger partial charge in [-0.3, -0.25) is 19.7 Å². The number of non-ortho nitro benzene ring substituents is 1. The van der Waals surface area contributed by atoms with Gasteiger partial charge in [0.2, 0.25) is 0 Å². The van der Waals surface area contributed by atoms with Crippen molar-refractivity contribution in [2.24, 2.45) is 0 Å². The quantitative estimate of drug-likeness (QED) is 0.399. The maximum Gasteiger partial charge on any atom is 0.306 e. The third kappa shape index (κ3) is 5.97. The fraction of sp³-hybridized carbons (Fsp3) is 0.263. The van der Waals surface area contributed by atoms with Gasteiger partial charge in [0.25, 0.3) is 11.6 Å². The fourth-order valence-corrected chi connectivity index (χ4v) is 2.36. The number of aryl methyl sites for hydroxylation is 1. The average molecular weight is 388 g/mol. The zero-order valence-electron chi connectivity index (χ0n) is 15.5. The van der Waals surface area contributed by atoms with E-state index in [0.29, 0.717) is 23.6 Å². The number of ether oxygens (including phenoxy) is 3. The summed E-state index contributed by atoms with van der Waals surface area (Å²) >= 11 is 0. The molecule has 2 rings (SSSR count). The number of benzene rings is 2. The van der Waals surface area contributed by atoms with Crippen LogP contribution in [-0.4, -0.2) is 37.6 Å². The topological polar surface area (TPSA) is 117 Å². The summed E-state index contributed by atoms with van der Waals surface area (Å²) in [4.78, 5) is 33.7. The van der Waals surface area contributed by atoms with Gasteiger partial charge in [-0.2, -0.15) is 0 Å². The molecule has 0 aliphatic heterocycles. The van der Waals surface area contributed by atoms with Gasteiger partial charge in [-0.05, 0) is 36.2 Å². The summed E-state index contributed by atoms with van der Waals surface area (Å²) < 4.78 is 15.3. The van der Waals surface area contributed by atoms with Crippen molar-refractivity contribution in [2.45, 2.75) is 12.8 Å². The SMILES string of the molecule is COc1ccc(CCC(=O)OCC(=O)Nc2ccc([N+](=O)[O-])cc2)cc1OC. The molecule has 0 bridgehead atoms. The molecule has 1 N–H and O–H groups in total. The molecular weight excluding hydrogens is 368 g/mol. The monoisotopic (exact) mass is 388 g/mol. The lowest BCUT2D eigenvalue weighted by Crippen LogP contribution is -2.21. The second-order valence-corrected chi connectivity index (χ2v) is 5.70. The van der Waals surface area contributed by atoms with Crippen molar-refractivity contribution in [1.29, 1.82) is 0 Å². The van der Waals surface area contributed by atoms with Gasteiger partial charge in [0.05, 0.1) is 19.1 Å². The molecule has 2 aromatic carbocycles. The van der Waals surface area contributed by atoms with E-state index in [1.807, 2.05) is 6.07 Å². The Morgan fingerprint density at radius 3 is 2.32 bits per heavy atom. The number of hydrogen-bond acceptors (Lipinski definition) is 7. The van der Waals surface area contributed by atoms with Crippen LogP contribution in [-0.2, 0) is 20.7 Å². The van der Waals surface area contributed by atoms with Gasteiger partial charge in [0, 0.05) is 24.2 Å². The number of nitrogens with zero attached hydrogens (tertiary/aromatic N) is 1. The summed E-state index contributed by atoms with van der Waals surface area (Å²) in [6, 6.07) is 10.7. The molecule has 0 spiro atoms. The number of rotatable bonds is 9.